The van der Waals surface area contributed by atoms with Crippen LogP contribution in [0.1, 0.15) is 13.8 Å². The van der Waals surface area contributed by atoms with Crippen LogP contribution in [-0.4, -0.2) is 57.8 Å². The van der Waals surface area contributed by atoms with E-state index in [1.54, 1.807) is 13.8 Å². The van der Waals surface area contributed by atoms with Gasteiger partial charge in [0.05, 0.1) is 13.2 Å². The standard InChI is InChI=1S/C6H8B2O4.C5H12O2/c9-7(10)5-1-2-6(4-3-5)8(11)12;1-5(2,3-6)4-7/h1-4,9-12H;6-7H,3-4H2,1-2H3. The molecule has 106 valence electrons. The second kappa shape index (κ2) is 8.31. The van der Waals surface area contributed by atoms with Crippen LogP contribution in [0.5, 0.6) is 0 Å². The highest BCUT2D eigenvalue weighted by atomic mass is 16.4. The van der Waals surface area contributed by atoms with Gasteiger partial charge in [0.2, 0.25) is 0 Å². The Morgan fingerprint density at radius 2 is 1.05 bits per heavy atom. The Morgan fingerprint density at radius 3 is 1.16 bits per heavy atom. The summed E-state index contributed by atoms with van der Waals surface area (Å²) in [6.07, 6.45) is 0. The van der Waals surface area contributed by atoms with Crippen molar-refractivity contribution in [2.75, 3.05) is 13.2 Å². The Bertz CT molecular complexity index is 320. The van der Waals surface area contributed by atoms with Crippen molar-refractivity contribution in [1.82, 2.24) is 0 Å². The van der Waals surface area contributed by atoms with E-state index in [2.05, 4.69) is 0 Å². The van der Waals surface area contributed by atoms with E-state index in [1.165, 1.54) is 24.3 Å². The maximum atomic E-state index is 8.68. The lowest BCUT2D eigenvalue weighted by Gasteiger charge is -2.16. The number of rotatable bonds is 4. The Hall–Kier alpha value is -0.890. The quantitative estimate of drug-likeness (QED) is 0.325. The van der Waals surface area contributed by atoms with Gasteiger partial charge < -0.3 is 30.3 Å². The van der Waals surface area contributed by atoms with Crippen molar-refractivity contribution in [3.8, 4) is 0 Å². The molecule has 0 unspecified atom stereocenters. The van der Waals surface area contributed by atoms with Crippen molar-refractivity contribution in [3.05, 3.63) is 24.3 Å². The summed E-state index contributed by atoms with van der Waals surface area (Å²) in [7, 11) is -3.04. The van der Waals surface area contributed by atoms with Crippen molar-refractivity contribution in [3.63, 3.8) is 0 Å². The smallest absolute Gasteiger partial charge is 0.423 e. The molecule has 0 fully saturated rings. The molecule has 6 N–H and O–H groups in total. The molecule has 0 bridgehead atoms. The highest BCUT2D eigenvalue weighted by Crippen LogP contribution is 2.10. The average molecular weight is 270 g/mol. The maximum Gasteiger partial charge on any atom is 0.488 e. The zero-order valence-electron chi connectivity index (χ0n) is 11.1. The number of benzene rings is 1. The Kier molecular flexibility index (Phi) is 7.92. The molecule has 0 saturated heterocycles. The molecule has 19 heavy (non-hydrogen) atoms. The lowest BCUT2D eigenvalue weighted by Crippen LogP contribution is -2.34. The predicted octanol–water partition coefficient (Wildman–Crippen LogP) is -2.96. The summed E-state index contributed by atoms with van der Waals surface area (Å²) < 4.78 is 0. The van der Waals surface area contributed by atoms with Gasteiger partial charge in [-0.2, -0.15) is 0 Å². The van der Waals surface area contributed by atoms with Gasteiger partial charge in [-0.15, -0.1) is 0 Å². The molecule has 1 rings (SSSR count). The minimum atomic E-state index is -1.52. The second-order valence-corrected chi connectivity index (χ2v) is 4.89. The summed E-state index contributed by atoms with van der Waals surface area (Å²) in [5.74, 6) is 0. The maximum absolute atomic E-state index is 8.68. The van der Waals surface area contributed by atoms with Gasteiger partial charge in [0, 0.05) is 5.41 Å². The van der Waals surface area contributed by atoms with E-state index in [1.807, 2.05) is 0 Å². The zero-order valence-corrected chi connectivity index (χ0v) is 11.1. The topological polar surface area (TPSA) is 121 Å². The molecule has 0 aliphatic carbocycles. The normalized spacial score (nSPS) is 10.5. The monoisotopic (exact) mass is 270 g/mol. The van der Waals surface area contributed by atoms with E-state index in [4.69, 9.17) is 30.3 Å². The molecule has 1 aromatic rings. The van der Waals surface area contributed by atoms with Gasteiger partial charge in [-0.1, -0.05) is 38.1 Å². The first-order chi connectivity index (χ1) is 8.73. The highest BCUT2D eigenvalue weighted by Gasteiger charge is 2.14. The van der Waals surface area contributed by atoms with Crippen molar-refractivity contribution >= 4 is 25.2 Å². The first kappa shape index (κ1) is 18.1. The molecule has 0 aliphatic rings. The van der Waals surface area contributed by atoms with Crippen molar-refractivity contribution < 1.29 is 30.3 Å². The van der Waals surface area contributed by atoms with E-state index in [0.29, 0.717) is 10.9 Å². The summed E-state index contributed by atoms with van der Waals surface area (Å²) in [6.45, 7) is 3.69. The van der Waals surface area contributed by atoms with Crippen LogP contribution in [0.25, 0.3) is 0 Å². The third-order valence-corrected chi connectivity index (χ3v) is 2.39. The molecule has 6 nitrogen and oxygen atoms in total. The van der Waals surface area contributed by atoms with Crippen LogP contribution in [0.2, 0.25) is 0 Å². The van der Waals surface area contributed by atoms with Gasteiger partial charge in [0.15, 0.2) is 0 Å². The molecule has 0 aromatic heterocycles. The van der Waals surface area contributed by atoms with Gasteiger partial charge in [0.25, 0.3) is 0 Å². The molecular formula is C11H20B2O6. The number of hydrogen-bond donors (Lipinski definition) is 6. The predicted molar refractivity (Wildman–Crippen MR) is 74.0 cm³/mol. The average Bonchev–Trinajstić information content (AvgIpc) is 2.39. The molecule has 0 heterocycles. The third kappa shape index (κ3) is 7.31. The SMILES string of the molecule is CC(C)(CO)CO.OB(O)c1ccc(B(O)O)cc1. The van der Waals surface area contributed by atoms with Crippen molar-refractivity contribution in [2.45, 2.75) is 13.8 Å². The number of aliphatic hydroxyl groups is 2. The molecule has 0 radical (unpaired) electrons. The van der Waals surface area contributed by atoms with E-state index in [9.17, 15) is 0 Å². The summed E-state index contributed by atoms with van der Waals surface area (Å²) in [5, 5.41) is 51.6. The lowest BCUT2D eigenvalue weighted by molar-refractivity contribution is 0.0857. The summed E-state index contributed by atoms with van der Waals surface area (Å²) in [6, 6.07) is 5.66. The summed E-state index contributed by atoms with van der Waals surface area (Å²) in [4.78, 5) is 0. The minimum Gasteiger partial charge on any atom is -0.423 e. The molecule has 0 spiro atoms. The van der Waals surface area contributed by atoms with Gasteiger partial charge in [-0.25, -0.2) is 0 Å². The molecule has 0 aliphatic heterocycles. The highest BCUT2D eigenvalue weighted by molar-refractivity contribution is 6.60. The van der Waals surface area contributed by atoms with Crippen LogP contribution in [0.4, 0.5) is 0 Å². The summed E-state index contributed by atoms with van der Waals surface area (Å²) in [5.41, 5.74) is 0.332. The van der Waals surface area contributed by atoms with E-state index in [0.717, 1.165) is 0 Å². The van der Waals surface area contributed by atoms with Gasteiger partial charge >= 0.3 is 14.2 Å². The van der Waals surface area contributed by atoms with Gasteiger partial charge in [-0.3, -0.25) is 0 Å². The number of aliphatic hydroxyl groups excluding tert-OH is 2. The fraction of sp³-hybridized carbons (Fsp3) is 0.455. The molecule has 1 aromatic carbocycles. The van der Waals surface area contributed by atoms with Crippen LogP contribution < -0.4 is 10.9 Å². The van der Waals surface area contributed by atoms with Crippen LogP contribution in [0.15, 0.2) is 24.3 Å². The van der Waals surface area contributed by atoms with Gasteiger partial charge in [-0.05, 0) is 10.9 Å². The fourth-order valence-corrected chi connectivity index (χ4v) is 0.890. The van der Waals surface area contributed by atoms with E-state index < -0.39 is 14.2 Å². The number of hydrogen-bond acceptors (Lipinski definition) is 6. The molecule has 0 saturated carbocycles. The van der Waals surface area contributed by atoms with E-state index in [-0.39, 0.29) is 18.6 Å². The first-order valence-electron chi connectivity index (χ1n) is 5.77. The third-order valence-electron chi connectivity index (χ3n) is 2.39. The second-order valence-electron chi connectivity index (χ2n) is 4.89. The Morgan fingerprint density at radius 1 is 0.789 bits per heavy atom. The summed E-state index contributed by atoms with van der Waals surface area (Å²) >= 11 is 0. The Balaban J connectivity index is 0.000000399. The molecule has 0 atom stereocenters. The molecule has 0 amide bonds. The minimum absolute atomic E-state index is 0.0451. The van der Waals surface area contributed by atoms with Crippen molar-refractivity contribution in [1.29, 1.82) is 0 Å². The lowest BCUT2D eigenvalue weighted by atomic mass is 9.75. The largest absolute Gasteiger partial charge is 0.488 e. The Labute approximate surface area is 113 Å². The first-order valence-corrected chi connectivity index (χ1v) is 5.77. The van der Waals surface area contributed by atoms with Crippen LogP contribution >= 0.6 is 0 Å². The molecular weight excluding hydrogens is 250 g/mol. The zero-order chi connectivity index (χ0) is 15.1. The molecule has 8 heteroatoms. The van der Waals surface area contributed by atoms with Gasteiger partial charge in [0.1, 0.15) is 0 Å². The van der Waals surface area contributed by atoms with Crippen LogP contribution in [0, 0.1) is 5.41 Å². The van der Waals surface area contributed by atoms with Crippen LogP contribution in [0.3, 0.4) is 0 Å². The van der Waals surface area contributed by atoms with E-state index >= 15 is 0 Å². The fourth-order valence-electron chi connectivity index (χ4n) is 0.890. The van der Waals surface area contributed by atoms with Crippen LogP contribution in [-0.2, 0) is 0 Å². The van der Waals surface area contributed by atoms with Crippen molar-refractivity contribution in [2.24, 2.45) is 5.41 Å².